The van der Waals surface area contributed by atoms with Gasteiger partial charge in [0.25, 0.3) is 0 Å². The van der Waals surface area contributed by atoms with Crippen LogP contribution in [0, 0.1) is 0 Å². The lowest BCUT2D eigenvalue weighted by Crippen LogP contribution is -2.36. The van der Waals surface area contributed by atoms with Crippen molar-refractivity contribution in [3.63, 3.8) is 0 Å². The maximum absolute atomic E-state index is 11.1. The molecule has 1 unspecified atom stereocenters. The van der Waals surface area contributed by atoms with Crippen molar-refractivity contribution in [3.05, 3.63) is 18.2 Å². The molecule has 0 aliphatic heterocycles. The van der Waals surface area contributed by atoms with Crippen molar-refractivity contribution in [2.24, 2.45) is 5.73 Å². The summed E-state index contributed by atoms with van der Waals surface area (Å²) in [5, 5.41) is 0. The van der Waals surface area contributed by atoms with Gasteiger partial charge in [0.1, 0.15) is 11.9 Å². The van der Waals surface area contributed by atoms with Crippen LogP contribution >= 0.6 is 0 Å². The van der Waals surface area contributed by atoms with Gasteiger partial charge in [0.2, 0.25) is 0 Å². The molecule has 5 nitrogen and oxygen atoms in total. The van der Waals surface area contributed by atoms with Gasteiger partial charge < -0.3 is 15.0 Å². The zero-order valence-corrected chi connectivity index (χ0v) is 8.43. The minimum absolute atomic E-state index is 0.402. The molecule has 14 heavy (non-hydrogen) atoms. The number of hydrogen-bond donors (Lipinski definition) is 1. The number of aromatic nitrogens is 2. The molecule has 0 aromatic carbocycles. The fraction of sp³-hybridized carbons (Fsp3) is 0.556. The molecule has 1 aromatic rings. The highest BCUT2D eigenvalue weighted by Crippen LogP contribution is 2.00. The van der Waals surface area contributed by atoms with Crippen LogP contribution in [0.15, 0.2) is 12.4 Å². The lowest BCUT2D eigenvalue weighted by Gasteiger charge is -2.11. The molecule has 0 radical (unpaired) electrons. The number of esters is 1. The third-order valence-electron chi connectivity index (χ3n) is 2.02. The van der Waals surface area contributed by atoms with Crippen LogP contribution in [-0.4, -0.2) is 28.7 Å². The molecule has 1 heterocycles. The first-order valence-electron chi connectivity index (χ1n) is 4.52. The summed E-state index contributed by atoms with van der Waals surface area (Å²) in [6.45, 7) is 2.42. The van der Waals surface area contributed by atoms with Crippen LogP contribution in [0.1, 0.15) is 12.7 Å². The second kappa shape index (κ2) is 4.76. The second-order valence-electron chi connectivity index (χ2n) is 2.98. The molecule has 1 rings (SSSR count). The summed E-state index contributed by atoms with van der Waals surface area (Å²) in [7, 11) is 1.33. The first-order chi connectivity index (χ1) is 6.69. The predicted octanol–water partition coefficient (Wildman–Crippen LogP) is -0.0542. The topological polar surface area (TPSA) is 70.1 Å². The van der Waals surface area contributed by atoms with Crippen molar-refractivity contribution in [2.75, 3.05) is 7.11 Å². The van der Waals surface area contributed by atoms with E-state index in [1.165, 1.54) is 7.11 Å². The predicted molar refractivity (Wildman–Crippen MR) is 51.6 cm³/mol. The van der Waals surface area contributed by atoms with Crippen LogP contribution in [0.4, 0.5) is 0 Å². The second-order valence-corrected chi connectivity index (χ2v) is 2.98. The quantitative estimate of drug-likeness (QED) is 0.687. The van der Waals surface area contributed by atoms with Gasteiger partial charge in [-0.2, -0.15) is 0 Å². The molecular weight excluding hydrogens is 182 g/mol. The molecule has 1 atom stereocenters. The Balaban J connectivity index is 2.64. The van der Waals surface area contributed by atoms with Crippen LogP contribution < -0.4 is 5.73 Å². The van der Waals surface area contributed by atoms with E-state index in [1.807, 2.05) is 17.7 Å². The highest BCUT2D eigenvalue weighted by molar-refractivity contribution is 5.75. The number of imidazole rings is 1. The Hall–Kier alpha value is -1.36. The summed E-state index contributed by atoms with van der Waals surface area (Å²) < 4.78 is 6.40. The van der Waals surface area contributed by atoms with Gasteiger partial charge in [0, 0.05) is 25.4 Å². The molecule has 0 fully saturated rings. The fourth-order valence-electron chi connectivity index (χ4n) is 1.26. The number of ether oxygens (including phenoxy) is 1. The molecule has 0 saturated heterocycles. The summed E-state index contributed by atoms with van der Waals surface area (Å²) in [6.07, 6.45) is 4.32. The molecule has 0 saturated carbocycles. The summed E-state index contributed by atoms with van der Waals surface area (Å²) in [6, 6.07) is -0.625. The average molecular weight is 197 g/mol. The molecule has 0 spiro atoms. The summed E-state index contributed by atoms with van der Waals surface area (Å²) in [5.41, 5.74) is 5.62. The number of methoxy groups -OCH3 is 1. The Morgan fingerprint density at radius 3 is 3.07 bits per heavy atom. The molecular formula is C9H15N3O2. The van der Waals surface area contributed by atoms with Gasteiger partial charge in [-0.25, -0.2) is 4.98 Å². The van der Waals surface area contributed by atoms with Crippen LogP contribution in [0.3, 0.4) is 0 Å². The maximum Gasteiger partial charge on any atom is 0.324 e. The molecule has 1 aromatic heterocycles. The molecule has 78 valence electrons. The molecule has 2 N–H and O–H groups in total. The highest BCUT2D eigenvalue weighted by atomic mass is 16.5. The van der Waals surface area contributed by atoms with Crippen molar-refractivity contribution in [2.45, 2.75) is 25.9 Å². The normalized spacial score (nSPS) is 12.5. The van der Waals surface area contributed by atoms with Crippen molar-refractivity contribution in [3.8, 4) is 0 Å². The Bertz CT molecular complexity index is 309. The number of hydrogen-bond acceptors (Lipinski definition) is 4. The average Bonchev–Trinajstić information content (AvgIpc) is 2.63. The van der Waals surface area contributed by atoms with E-state index in [0.717, 1.165) is 12.2 Å². The van der Waals surface area contributed by atoms with Crippen molar-refractivity contribution < 1.29 is 9.53 Å². The van der Waals surface area contributed by atoms with Gasteiger partial charge >= 0.3 is 5.97 Å². The number of nitrogens with zero attached hydrogens (tertiary/aromatic N) is 2. The van der Waals surface area contributed by atoms with Crippen LogP contribution in [0.25, 0.3) is 0 Å². The lowest BCUT2D eigenvalue weighted by atomic mass is 10.3. The number of nitrogens with two attached hydrogens (primary N) is 1. The van der Waals surface area contributed by atoms with Gasteiger partial charge in [-0.05, 0) is 0 Å². The molecule has 0 aliphatic carbocycles. The molecule has 0 bridgehead atoms. The largest absolute Gasteiger partial charge is 0.468 e. The van der Waals surface area contributed by atoms with Gasteiger partial charge in [-0.1, -0.05) is 6.92 Å². The Morgan fingerprint density at radius 1 is 1.79 bits per heavy atom. The summed E-state index contributed by atoms with van der Waals surface area (Å²) in [4.78, 5) is 15.2. The molecule has 0 aliphatic rings. The third kappa shape index (κ3) is 2.32. The number of carbonyl (C=O) groups excluding carboxylic acids is 1. The maximum atomic E-state index is 11.1. The Labute approximate surface area is 82.9 Å². The Morgan fingerprint density at radius 2 is 2.50 bits per heavy atom. The van der Waals surface area contributed by atoms with Gasteiger partial charge in [-0.3, -0.25) is 4.79 Å². The van der Waals surface area contributed by atoms with E-state index in [0.29, 0.717) is 6.54 Å². The van der Waals surface area contributed by atoms with Crippen molar-refractivity contribution >= 4 is 5.97 Å². The SMILES string of the molecule is CCc1nccn1CC(N)C(=O)OC. The van der Waals surface area contributed by atoms with Crippen LogP contribution in [0.5, 0.6) is 0 Å². The molecule has 5 heteroatoms. The highest BCUT2D eigenvalue weighted by Gasteiger charge is 2.15. The van der Waals surface area contributed by atoms with Crippen LogP contribution in [-0.2, 0) is 22.5 Å². The zero-order chi connectivity index (χ0) is 10.6. The lowest BCUT2D eigenvalue weighted by molar-refractivity contribution is -0.142. The molecule has 0 amide bonds. The Kier molecular flexibility index (Phi) is 3.64. The zero-order valence-electron chi connectivity index (χ0n) is 8.43. The van der Waals surface area contributed by atoms with Gasteiger partial charge in [0.05, 0.1) is 7.11 Å². The first-order valence-corrected chi connectivity index (χ1v) is 4.52. The number of carbonyl (C=O) groups is 1. The van der Waals surface area contributed by atoms with Gasteiger partial charge in [-0.15, -0.1) is 0 Å². The smallest absolute Gasteiger partial charge is 0.324 e. The first kappa shape index (κ1) is 10.7. The van der Waals surface area contributed by atoms with E-state index in [2.05, 4.69) is 9.72 Å². The monoisotopic (exact) mass is 197 g/mol. The van der Waals surface area contributed by atoms with Crippen LogP contribution in [0.2, 0.25) is 0 Å². The minimum Gasteiger partial charge on any atom is -0.468 e. The van der Waals surface area contributed by atoms with Crippen molar-refractivity contribution in [1.29, 1.82) is 0 Å². The standard InChI is InChI=1S/C9H15N3O2/c1-3-8-11-4-5-12(8)6-7(10)9(13)14-2/h4-5,7H,3,6,10H2,1-2H3. The van der Waals surface area contributed by atoms with E-state index in [4.69, 9.17) is 5.73 Å². The van der Waals surface area contributed by atoms with E-state index >= 15 is 0 Å². The summed E-state index contributed by atoms with van der Waals surface area (Å²) in [5.74, 6) is 0.519. The van der Waals surface area contributed by atoms with Gasteiger partial charge in [0.15, 0.2) is 0 Å². The van der Waals surface area contributed by atoms with E-state index in [1.54, 1.807) is 6.20 Å². The fourth-order valence-corrected chi connectivity index (χ4v) is 1.26. The third-order valence-corrected chi connectivity index (χ3v) is 2.02. The van der Waals surface area contributed by atoms with Crippen molar-refractivity contribution in [1.82, 2.24) is 9.55 Å². The summed E-state index contributed by atoms with van der Waals surface area (Å²) >= 11 is 0. The number of aryl methyl sites for hydroxylation is 1. The van der Waals surface area contributed by atoms with E-state index in [-0.39, 0.29) is 0 Å². The van der Waals surface area contributed by atoms with E-state index in [9.17, 15) is 4.79 Å². The minimum atomic E-state index is -0.625. The number of rotatable bonds is 4. The van der Waals surface area contributed by atoms with E-state index < -0.39 is 12.0 Å².